The molecule has 1 amide bonds. The first-order valence-electron chi connectivity index (χ1n) is 7.44. The molecule has 5 nitrogen and oxygen atoms in total. The molecule has 2 heterocycles. The lowest BCUT2D eigenvalue weighted by Gasteiger charge is -2.15. The molecule has 2 N–H and O–H groups in total. The fourth-order valence-corrected chi connectivity index (χ4v) is 3.15. The molecule has 0 saturated heterocycles. The van der Waals surface area contributed by atoms with Gasteiger partial charge in [-0.25, -0.2) is 0 Å². The first kappa shape index (κ1) is 15.2. The van der Waals surface area contributed by atoms with Crippen molar-refractivity contribution < 1.29 is 4.79 Å². The minimum atomic E-state index is -0.0465. The molecule has 0 fully saturated rings. The highest BCUT2D eigenvalue weighted by molar-refractivity contribution is 9.10. The number of benzene rings is 1. The monoisotopic (exact) mass is 362 g/mol. The van der Waals surface area contributed by atoms with Gasteiger partial charge in [-0.3, -0.25) is 9.48 Å². The Balaban J connectivity index is 1.50. The maximum atomic E-state index is 12.0. The van der Waals surface area contributed by atoms with Crippen LogP contribution in [0.3, 0.4) is 0 Å². The summed E-state index contributed by atoms with van der Waals surface area (Å²) in [5.74, 6) is 0.0569. The minimum absolute atomic E-state index is 0.0465. The number of carbonyl (C=O) groups is 1. The van der Waals surface area contributed by atoms with Gasteiger partial charge in [-0.05, 0) is 47.4 Å². The summed E-state index contributed by atoms with van der Waals surface area (Å²) in [7, 11) is 0. The number of amides is 1. The van der Waals surface area contributed by atoms with E-state index in [1.165, 1.54) is 0 Å². The van der Waals surface area contributed by atoms with Crippen LogP contribution in [0.4, 0.5) is 5.69 Å². The molecule has 1 aliphatic rings. The summed E-state index contributed by atoms with van der Waals surface area (Å²) in [6.07, 6.45) is 4.54. The average molecular weight is 363 g/mol. The number of halogens is 1. The Kier molecular flexibility index (Phi) is 4.59. The Morgan fingerprint density at radius 1 is 1.45 bits per heavy atom. The van der Waals surface area contributed by atoms with E-state index in [0.717, 1.165) is 35.2 Å². The van der Waals surface area contributed by atoms with Crippen LogP contribution >= 0.6 is 15.9 Å². The smallest absolute Gasteiger partial charge is 0.232 e. The van der Waals surface area contributed by atoms with Gasteiger partial charge in [0.15, 0.2) is 0 Å². The Morgan fingerprint density at radius 3 is 3.05 bits per heavy atom. The molecule has 1 aliphatic heterocycles. The van der Waals surface area contributed by atoms with Crippen LogP contribution in [0.1, 0.15) is 24.8 Å². The first-order valence-corrected chi connectivity index (χ1v) is 8.24. The Morgan fingerprint density at radius 2 is 2.27 bits per heavy atom. The third-order valence-corrected chi connectivity index (χ3v) is 4.31. The Bertz CT molecular complexity index is 670. The Labute approximate surface area is 138 Å². The van der Waals surface area contributed by atoms with Gasteiger partial charge in [0.05, 0.1) is 23.1 Å². The molecule has 6 heteroatoms. The summed E-state index contributed by atoms with van der Waals surface area (Å²) in [5.41, 5.74) is 2.06. The van der Waals surface area contributed by atoms with Crippen molar-refractivity contribution in [2.75, 3.05) is 11.9 Å². The van der Waals surface area contributed by atoms with E-state index in [9.17, 15) is 4.79 Å². The van der Waals surface area contributed by atoms with Gasteiger partial charge in [0.25, 0.3) is 0 Å². The molecular weight excluding hydrogens is 344 g/mol. The van der Waals surface area contributed by atoms with Crippen LogP contribution in [0.2, 0.25) is 0 Å². The highest BCUT2D eigenvalue weighted by Gasteiger charge is 2.29. The fourth-order valence-electron chi connectivity index (χ4n) is 2.82. The van der Waals surface area contributed by atoms with E-state index in [4.69, 9.17) is 0 Å². The van der Waals surface area contributed by atoms with Gasteiger partial charge in [0.2, 0.25) is 5.91 Å². The second-order valence-corrected chi connectivity index (χ2v) is 6.57. The number of carbonyl (C=O) groups excluding carboxylic acids is 1. The molecule has 0 saturated carbocycles. The number of anilines is 1. The minimum Gasteiger partial charge on any atom is -0.325 e. The van der Waals surface area contributed by atoms with Crippen molar-refractivity contribution >= 4 is 27.5 Å². The number of aromatic nitrogens is 2. The number of para-hydroxylation sites is 1. The lowest BCUT2D eigenvalue weighted by Crippen LogP contribution is -2.32. The summed E-state index contributed by atoms with van der Waals surface area (Å²) in [5, 5.41) is 10.7. The summed E-state index contributed by atoms with van der Waals surface area (Å²) in [6, 6.07) is 8.22. The molecule has 0 spiro atoms. The molecule has 2 aromatic rings. The number of nitrogens with one attached hydrogen (secondary N) is 2. The summed E-state index contributed by atoms with van der Waals surface area (Å²) in [4.78, 5) is 12.0. The lowest BCUT2D eigenvalue weighted by molar-refractivity contribution is -0.117. The number of fused-ring (bicyclic) bond motifs is 1. The molecule has 22 heavy (non-hydrogen) atoms. The maximum Gasteiger partial charge on any atom is 0.232 e. The van der Waals surface area contributed by atoms with Crippen LogP contribution in [0.5, 0.6) is 0 Å². The molecular formula is C16H19BrN4O. The number of nitrogens with zero attached hydrogens (tertiary/aromatic N) is 2. The van der Waals surface area contributed by atoms with Crippen molar-refractivity contribution in [3.05, 3.63) is 46.7 Å². The van der Waals surface area contributed by atoms with Crippen molar-refractivity contribution in [2.45, 2.75) is 31.8 Å². The van der Waals surface area contributed by atoms with E-state index in [0.29, 0.717) is 6.04 Å². The largest absolute Gasteiger partial charge is 0.325 e. The van der Waals surface area contributed by atoms with Gasteiger partial charge in [-0.2, -0.15) is 5.10 Å². The first-order chi connectivity index (χ1) is 10.6. The van der Waals surface area contributed by atoms with Crippen molar-refractivity contribution in [3.8, 4) is 0 Å². The number of hydrogen-bond donors (Lipinski definition) is 2. The van der Waals surface area contributed by atoms with Crippen molar-refractivity contribution in [2.24, 2.45) is 0 Å². The van der Waals surface area contributed by atoms with Gasteiger partial charge < -0.3 is 10.6 Å². The second-order valence-electron chi connectivity index (χ2n) is 5.65. The number of hydrogen-bond acceptors (Lipinski definition) is 3. The Hall–Kier alpha value is -1.66. The quantitative estimate of drug-likeness (QED) is 0.830. The molecule has 3 rings (SSSR count). The van der Waals surface area contributed by atoms with Crippen LogP contribution in [0.15, 0.2) is 41.1 Å². The lowest BCUT2D eigenvalue weighted by atomic mass is 9.97. The molecule has 0 unspecified atom stereocenters. The third kappa shape index (κ3) is 3.39. The summed E-state index contributed by atoms with van der Waals surface area (Å²) >= 11 is 3.39. The van der Waals surface area contributed by atoms with Crippen LogP contribution < -0.4 is 10.6 Å². The fraction of sp³-hybridized carbons (Fsp3) is 0.375. The van der Waals surface area contributed by atoms with E-state index < -0.39 is 0 Å². The van der Waals surface area contributed by atoms with Gasteiger partial charge in [-0.1, -0.05) is 18.2 Å². The zero-order chi connectivity index (χ0) is 15.5. The topological polar surface area (TPSA) is 59.0 Å². The highest BCUT2D eigenvalue weighted by atomic mass is 79.9. The van der Waals surface area contributed by atoms with Crippen LogP contribution in [-0.2, 0) is 11.3 Å². The van der Waals surface area contributed by atoms with E-state index in [2.05, 4.69) is 38.6 Å². The van der Waals surface area contributed by atoms with E-state index >= 15 is 0 Å². The summed E-state index contributed by atoms with van der Waals surface area (Å²) in [6.45, 7) is 3.73. The van der Waals surface area contributed by atoms with Crippen LogP contribution in [0.25, 0.3) is 0 Å². The molecule has 1 aromatic carbocycles. The van der Waals surface area contributed by atoms with Gasteiger partial charge >= 0.3 is 0 Å². The standard InChI is InChI=1S/C16H19BrN4O/c1-11(9-21-10-12(17)8-19-21)18-7-6-14-13-4-2-3-5-15(13)20-16(14)22/h2-5,8,10-11,14,18H,6-7,9H2,1H3,(H,20,22)/t11-,14+/m0/s1. The summed E-state index contributed by atoms with van der Waals surface area (Å²) < 4.78 is 2.89. The van der Waals surface area contributed by atoms with Crippen LogP contribution in [0, 0.1) is 0 Å². The average Bonchev–Trinajstić information content (AvgIpc) is 3.03. The second kappa shape index (κ2) is 6.62. The van der Waals surface area contributed by atoms with E-state index in [-0.39, 0.29) is 11.8 Å². The molecule has 0 radical (unpaired) electrons. The van der Waals surface area contributed by atoms with Crippen LogP contribution in [-0.4, -0.2) is 28.3 Å². The van der Waals surface area contributed by atoms with Crippen molar-refractivity contribution in [1.82, 2.24) is 15.1 Å². The zero-order valence-electron chi connectivity index (χ0n) is 12.4. The normalized spacial score (nSPS) is 18.1. The van der Waals surface area contributed by atoms with Gasteiger partial charge in [0.1, 0.15) is 0 Å². The maximum absolute atomic E-state index is 12.0. The molecule has 0 aliphatic carbocycles. The van der Waals surface area contributed by atoms with Gasteiger partial charge in [-0.15, -0.1) is 0 Å². The SMILES string of the molecule is C[C@@H](Cn1cc(Br)cn1)NCC[C@H]1C(=O)Nc2ccccc21. The molecule has 1 aromatic heterocycles. The molecule has 116 valence electrons. The molecule has 2 atom stereocenters. The predicted octanol–water partition coefficient (Wildman–Crippen LogP) is 2.75. The predicted molar refractivity (Wildman–Crippen MR) is 89.8 cm³/mol. The van der Waals surface area contributed by atoms with Crippen molar-refractivity contribution in [1.29, 1.82) is 0 Å². The van der Waals surface area contributed by atoms with Gasteiger partial charge in [0, 0.05) is 17.9 Å². The number of rotatable bonds is 6. The zero-order valence-corrected chi connectivity index (χ0v) is 14.0. The van der Waals surface area contributed by atoms with E-state index in [1.807, 2.05) is 35.1 Å². The van der Waals surface area contributed by atoms with Crippen molar-refractivity contribution in [3.63, 3.8) is 0 Å². The third-order valence-electron chi connectivity index (χ3n) is 3.90. The highest BCUT2D eigenvalue weighted by Crippen LogP contribution is 2.33. The molecule has 0 bridgehead atoms. The van der Waals surface area contributed by atoms with E-state index in [1.54, 1.807) is 6.20 Å².